The summed E-state index contributed by atoms with van der Waals surface area (Å²) in [4.78, 5) is 24.9. The second kappa shape index (κ2) is 8.85. The molecule has 3 rings (SSSR count). The second-order valence-corrected chi connectivity index (χ2v) is 7.67. The zero-order valence-corrected chi connectivity index (χ0v) is 15.8. The Labute approximate surface area is 158 Å². The molecular weight excluding hydrogens is 346 g/mol. The van der Waals surface area contributed by atoms with E-state index in [2.05, 4.69) is 16.0 Å². The molecule has 6 heteroatoms. The van der Waals surface area contributed by atoms with E-state index in [4.69, 9.17) is 0 Å². The van der Waals surface area contributed by atoms with Gasteiger partial charge in [0.1, 0.15) is 6.04 Å². The van der Waals surface area contributed by atoms with Crippen molar-refractivity contribution >= 4 is 34.5 Å². The van der Waals surface area contributed by atoms with Gasteiger partial charge in [0.05, 0.1) is 4.88 Å². The van der Waals surface area contributed by atoms with Crippen LogP contribution in [0.5, 0.6) is 0 Å². The van der Waals surface area contributed by atoms with Crippen LogP contribution in [0, 0.1) is 0 Å². The van der Waals surface area contributed by atoms with Crippen LogP contribution in [0.4, 0.5) is 11.4 Å². The van der Waals surface area contributed by atoms with Crippen LogP contribution >= 0.6 is 11.3 Å². The second-order valence-electron chi connectivity index (χ2n) is 6.72. The van der Waals surface area contributed by atoms with E-state index >= 15 is 0 Å². The van der Waals surface area contributed by atoms with Crippen molar-refractivity contribution in [2.75, 3.05) is 10.6 Å². The lowest BCUT2D eigenvalue weighted by Crippen LogP contribution is -2.41. The van der Waals surface area contributed by atoms with E-state index in [0.717, 1.165) is 11.4 Å². The van der Waals surface area contributed by atoms with E-state index in [-0.39, 0.29) is 11.8 Å². The van der Waals surface area contributed by atoms with Gasteiger partial charge in [-0.25, -0.2) is 0 Å². The lowest BCUT2D eigenvalue weighted by Gasteiger charge is -2.24. The Kier molecular flexibility index (Phi) is 6.28. The van der Waals surface area contributed by atoms with Gasteiger partial charge in [-0.05, 0) is 55.5 Å². The standard InChI is InChI=1S/C20H25N3O2S/c1-14(21-20(25)18-8-5-13-26-18)19(24)23-17-11-9-16(10-12-17)22-15-6-3-2-4-7-15/h5,8-15,22H,2-4,6-7H2,1H3,(H,21,25)(H,23,24). The third-order valence-electron chi connectivity index (χ3n) is 4.61. The highest BCUT2D eigenvalue weighted by Crippen LogP contribution is 2.22. The summed E-state index contributed by atoms with van der Waals surface area (Å²) in [5, 5.41) is 11.0. The fourth-order valence-electron chi connectivity index (χ4n) is 3.12. The fraction of sp³-hybridized carbons (Fsp3) is 0.400. The maximum absolute atomic E-state index is 12.3. The number of benzene rings is 1. The van der Waals surface area contributed by atoms with Gasteiger partial charge in [0.25, 0.3) is 5.91 Å². The lowest BCUT2D eigenvalue weighted by atomic mass is 9.95. The number of carbonyl (C=O) groups excluding carboxylic acids is 2. The molecule has 138 valence electrons. The molecule has 2 amide bonds. The zero-order valence-electron chi connectivity index (χ0n) is 15.0. The molecule has 5 nitrogen and oxygen atoms in total. The van der Waals surface area contributed by atoms with Crippen LogP contribution in [0.2, 0.25) is 0 Å². The predicted molar refractivity (Wildman–Crippen MR) is 107 cm³/mol. The number of nitrogens with one attached hydrogen (secondary N) is 3. The Bertz CT molecular complexity index is 722. The van der Waals surface area contributed by atoms with Crippen LogP contribution in [-0.2, 0) is 4.79 Å². The number of thiophene rings is 1. The maximum atomic E-state index is 12.3. The summed E-state index contributed by atoms with van der Waals surface area (Å²) in [6, 6.07) is 11.2. The first kappa shape index (κ1) is 18.5. The largest absolute Gasteiger partial charge is 0.382 e. The van der Waals surface area contributed by atoms with Crippen LogP contribution in [0.1, 0.15) is 48.7 Å². The summed E-state index contributed by atoms with van der Waals surface area (Å²) < 4.78 is 0. The molecule has 0 spiro atoms. The predicted octanol–water partition coefficient (Wildman–Crippen LogP) is 4.25. The summed E-state index contributed by atoms with van der Waals surface area (Å²) in [5.41, 5.74) is 1.80. The molecule has 1 saturated carbocycles. The van der Waals surface area contributed by atoms with Crippen molar-refractivity contribution in [2.24, 2.45) is 0 Å². The molecule has 1 aliphatic rings. The molecule has 0 saturated heterocycles. The van der Waals surface area contributed by atoms with E-state index in [9.17, 15) is 9.59 Å². The molecule has 1 unspecified atom stereocenters. The number of hydrogen-bond donors (Lipinski definition) is 3. The highest BCUT2D eigenvalue weighted by Gasteiger charge is 2.17. The first-order valence-electron chi connectivity index (χ1n) is 9.13. The third-order valence-corrected chi connectivity index (χ3v) is 5.48. The third kappa shape index (κ3) is 5.08. The van der Waals surface area contributed by atoms with Crippen molar-refractivity contribution in [3.63, 3.8) is 0 Å². The minimum Gasteiger partial charge on any atom is -0.382 e. The van der Waals surface area contributed by atoms with Gasteiger partial charge in [-0.15, -0.1) is 11.3 Å². The van der Waals surface area contributed by atoms with Gasteiger partial charge >= 0.3 is 0 Å². The van der Waals surface area contributed by atoms with Crippen molar-refractivity contribution in [1.29, 1.82) is 0 Å². The number of amides is 2. The molecule has 1 aromatic heterocycles. The van der Waals surface area contributed by atoms with Crippen molar-refractivity contribution in [2.45, 2.75) is 51.1 Å². The molecular formula is C20H25N3O2S. The lowest BCUT2D eigenvalue weighted by molar-refractivity contribution is -0.117. The molecule has 3 N–H and O–H groups in total. The molecule has 1 aromatic carbocycles. The smallest absolute Gasteiger partial charge is 0.261 e. The van der Waals surface area contributed by atoms with Crippen molar-refractivity contribution in [3.8, 4) is 0 Å². The molecule has 1 fully saturated rings. The first-order valence-corrected chi connectivity index (χ1v) is 10.0. The molecule has 0 aliphatic heterocycles. The summed E-state index contributed by atoms with van der Waals surface area (Å²) in [5.74, 6) is -0.461. The van der Waals surface area contributed by atoms with Gasteiger partial charge in [-0.2, -0.15) is 0 Å². The normalized spacial score (nSPS) is 15.9. The van der Waals surface area contributed by atoms with Gasteiger partial charge in [0.15, 0.2) is 0 Å². The summed E-state index contributed by atoms with van der Waals surface area (Å²) in [7, 11) is 0. The van der Waals surface area contributed by atoms with Gasteiger partial charge in [-0.1, -0.05) is 25.3 Å². The number of anilines is 2. The Hall–Kier alpha value is -2.34. The first-order chi connectivity index (χ1) is 12.6. The van der Waals surface area contributed by atoms with Crippen LogP contribution in [0.25, 0.3) is 0 Å². The van der Waals surface area contributed by atoms with E-state index in [1.807, 2.05) is 35.7 Å². The van der Waals surface area contributed by atoms with Gasteiger partial charge in [-0.3, -0.25) is 9.59 Å². The van der Waals surface area contributed by atoms with Crippen molar-refractivity contribution in [1.82, 2.24) is 5.32 Å². The van der Waals surface area contributed by atoms with Crippen molar-refractivity contribution < 1.29 is 9.59 Å². The number of hydrogen-bond acceptors (Lipinski definition) is 4. The molecule has 26 heavy (non-hydrogen) atoms. The zero-order chi connectivity index (χ0) is 18.4. The van der Waals surface area contributed by atoms with Crippen molar-refractivity contribution in [3.05, 3.63) is 46.7 Å². The molecule has 1 atom stereocenters. The maximum Gasteiger partial charge on any atom is 0.261 e. The highest BCUT2D eigenvalue weighted by atomic mass is 32.1. The number of carbonyl (C=O) groups is 2. The molecule has 0 bridgehead atoms. The van der Waals surface area contributed by atoms with E-state index < -0.39 is 6.04 Å². The molecule has 1 heterocycles. The topological polar surface area (TPSA) is 70.2 Å². The van der Waals surface area contributed by atoms with E-state index in [0.29, 0.717) is 10.9 Å². The van der Waals surface area contributed by atoms with Crippen LogP contribution in [0.15, 0.2) is 41.8 Å². The minimum atomic E-state index is -0.607. The Morgan fingerprint density at radius 2 is 1.73 bits per heavy atom. The summed E-state index contributed by atoms with van der Waals surface area (Å²) in [6.45, 7) is 1.68. The molecule has 2 aromatic rings. The van der Waals surface area contributed by atoms with E-state index in [1.165, 1.54) is 43.4 Å². The highest BCUT2D eigenvalue weighted by molar-refractivity contribution is 7.12. The minimum absolute atomic E-state index is 0.227. The number of rotatable bonds is 6. The van der Waals surface area contributed by atoms with Gasteiger partial charge in [0, 0.05) is 17.4 Å². The Morgan fingerprint density at radius 3 is 2.38 bits per heavy atom. The van der Waals surface area contributed by atoms with Crippen LogP contribution < -0.4 is 16.0 Å². The van der Waals surface area contributed by atoms with Gasteiger partial charge < -0.3 is 16.0 Å². The summed E-state index contributed by atoms with van der Waals surface area (Å²) in [6.07, 6.45) is 6.37. The van der Waals surface area contributed by atoms with Crippen LogP contribution in [-0.4, -0.2) is 23.9 Å². The molecule has 0 radical (unpaired) electrons. The SMILES string of the molecule is CC(NC(=O)c1cccs1)C(=O)Nc1ccc(NC2CCCCC2)cc1. The average molecular weight is 372 g/mol. The molecule has 1 aliphatic carbocycles. The quantitative estimate of drug-likeness (QED) is 0.711. The van der Waals surface area contributed by atoms with E-state index in [1.54, 1.807) is 13.0 Å². The monoisotopic (exact) mass is 371 g/mol. The fourth-order valence-corrected chi connectivity index (χ4v) is 3.75. The summed E-state index contributed by atoms with van der Waals surface area (Å²) >= 11 is 1.35. The van der Waals surface area contributed by atoms with Gasteiger partial charge in [0.2, 0.25) is 5.91 Å². The average Bonchev–Trinajstić information content (AvgIpc) is 3.19. The Morgan fingerprint density at radius 1 is 1.04 bits per heavy atom. The van der Waals surface area contributed by atoms with Crippen LogP contribution in [0.3, 0.4) is 0 Å². The Balaban J connectivity index is 1.49.